The Balaban J connectivity index is 1.85. The van der Waals surface area contributed by atoms with Crippen LogP contribution in [0.4, 0.5) is 17.1 Å². The first-order valence-corrected chi connectivity index (χ1v) is 12.6. The van der Waals surface area contributed by atoms with Crippen LogP contribution in [0.3, 0.4) is 0 Å². The lowest BCUT2D eigenvalue weighted by Gasteiger charge is -2.24. The molecule has 0 radical (unpaired) electrons. The molecule has 0 aliphatic carbocycles. The van der Waals surface area contributed by atoms with E-state index in [0.29, 0.717) is 0 Å². The molecule has 0 spiro atoms. The van der Waals surface area contributed by atoms with Crippen LogP contribution in [0.5, 0.6) is 0 Å². The molecule has 192 valence electrons. The molecule has 9 nitrogen and oxygen atoms in total. The van der Waals surface area contributed by atoms with Crippen molar-refractivity contribution in [3.8, 4) is 0 Å². The largest absolute Gasteiger partial charge is 0.274 e. The monoisotopic (exact) mass is 495 g/mol. The molecule has 0 saturated carbocycles. The predicted molar refractivity (Wildman–Crippen MR) is 133 cm³/mol. The zero-order valence-electron chi connectivity index (χ0n) is 21.6. The highest BCUT2D eigenvalue weighted by Gasteiger charge is 2.45. The molecule has 3 atom stereocenters. The first kappa shape index (κ1) is 25.7. The van der Waals surface area contributed by atoms with Crippen molar-refractivity contribution in [1.82, 2.24) is 0 Å². The minimum Gasteiger partial charge on any atom is -0.274 e. The molecule has 0 aromatic heterocycles. The summed E-state index contributed by atoms with van der Waals surface area (Å²) < 4.78 is 0. The second-order valence-corrected chi connectivity index (χ2v) is 11.1. The van der Waals surface area contributed by atoms with Crippen molar-refractivity contribution in [3.63, 3.8) is 0 Å². The summed E-state index contributed by atoms with van der Waals surface area (Å²) in [5.41, 5.74) is 0.425. The average Bonchev–Trinajstić information content (AvgIpc) is 3.37. The van der Waals surface area contributed by atoms with E-state index in [-0.39, 0.29) is 71.8 Å². The number of anilines is 3. The van der Waals surface area contributed by atoms with Crippen molar-refractivity contribution < 1.29 is 28.8 Å². The molecular formula is C27H33N3O6. The molecule has 4 rings (SSSR count). The van der Waals surface area contributed by atoms with E-state index < -0.39 is 35.5 Å². The average molecular weight is 496 g/mol. The molecule has 3 aliphatic rings. The van der Waals surface area contributed by atoms with Gasteiger partial charge < -0.3 is 0 Å². The van der Waals surface area contributed by atoms with Crippen LogP contribution in [0.15, 0.2) is 18.2 Å². The zero-order chi connectivity index (χ0) is 26.6. The number of hydrogen-bond donors (Lipinski definition) is 0. The van der Waals surface area contributed by atoms with E-state index in [4.69, 9.17) is 0 Å². The van der Waals surface area contributed by atoms with Gasteiger partial charge in [0, 0.05) is 19.3 Å². The summed E-state index contributed by atoms with van der Waals surface area (Å²) >= 11 is 0. The van der Waals surface area contributed by atoms with E-state index in [0.717, 1.165) is 14.7 Å². The van der Waals surface area contributed by atoms with Gasteiger partial charge in [-0.25, -0.2) is 0 Å². The van der Waals surface area contributed by atoms with E-state index in [1.54, 1.807) is 0 Å². The van der Waals surface area contributed by atoms with Crippen molar-refractivity contribution in [3.05, 3.63) is 18.2 Å². The van der Waals surface area contributed by atoms with Crippen molar-refractivity contribution in [2.75, 3.05) is 14.7 Å². The molecule has 36 heavy (non-hydrogen) atoms. The normalized spacial score (nSPS) is 25.2. The zero-order valence-corrected chi connectivity index (χ0v) is 21.6. The van der Waals surface area contributed by atoms with Crippen LogP contribution < -0.4 is 14.7 Å². The summed E-state index contributed by atoms with van der Waals surface area (Å²) in [6.45, 7) is 11.2. The molecule has 9 heteroatoms. The number of nitrogens with zero attached hydrogens (tertiary/aromatic N) is 3. The van der Waals surface area contributed by atoms with Gasteiger partial charge in [-0.2, -0.15) is 0 Å². The van der Waals surface area contributed by atoms with Gasteiger partial charge in [0.2, 0.25) is 35.4 Å². The summed E-state index contributed by atoms with van der Waals surface area (Å²) in [6, 6.07) is 4.35. The summed E-state index contributed by atoms with van der Waals surface area (Å²) in [5, 5.41) is 0. The van der Waals surface area contributed by atoms with Crippen molar-refractivity contribution in [2.24, 2.45) is 35.5 Å². The van der Waals surface area contributed by atoms with Crippen LogP contribution in [0.1, 0.15) is 60.8 Å². The van der Waals surface area contributed by atoms with Gasteiger partial charge in [0.1, 0.15) is 0 Å². The minimum atomic E-state index is -0.495. The summed E-state index contributed by atoms with van der Waals surface area (Å²) in [6.07, 6.45) is 0.137. The number of amides is 6. The Labute approximate surface area is 210 Å². The summed E-state index contributed by atoms with van der Waals surface area (Å²) in [4.78, 5) is 81.4. The lowest BCUT2D eigenvalue weighted by atomic mass is 9.94. The number of hydrogen-bond acceptors (Lipinski definition) is 6. The third-order valence-electron chi connectivity index (χ3n) is 7.62. The highest BCUT2D eigenvalue weighted by atomic mass is 16.2. The van der Waals surface area contributed by atoms with E-state index in [1.807, 2.05) is 41.5 Å². The van der Waals surface area contributed by atoms with Gasteiger partial charge >= 0.3 is 0 Å². The molecular weight excluding hydrogens is 462 g/mol. The highest BCUT2D eigenvalue weighted by molar-refractivity contribution is 6.25. The maximum atomic E-state index is 13.2. The maximum Gasteiger partial charge on any atom is 0.237 e. The Morgan fingerprint density at radius 1 is 0.500 bits per heavy atom. The lowest BCUT2D eigenvalue weighted by Crippen LogP contribution is -2.35. The molecule has 1 aromatic carbocycles. The van der Waals surface area contributed by atoms with Crippen LogP contribution in [0.25, 0.3) is 0 Å². The summed E-state index contributed by atoms with van der Waals surface area (Å²) in [5.74, 6) is -4.01. The molecule has 0 N–H and O–H groups in total. The van der Waals surface area contributed by atoms with Crippen molar-refractivity contribution in [2.45, 2.75) is 60.8 Å². The maximum absolute atomic E-state index is 13.2. The standard InChI is InChI=1S/C27H33N3O6/c1-13(2)19-10-22(31)28(25(19)34)16-7-17(29-23(32)11-20(14(3)4)26(29)35)9-18(8-16)30-24(33)12-21(15(5)6)27(30)36/h7-9,13-15,19-21H,10-12H2,1-6H3. The van der Waals surface area contributed by atoms with Gasteiger partial charge in [-0.05, 0) is 36.0 Å². The number of carbonyl (C=O) groups excluding carboxylic acids is 6. The van der Waals surface area contributed by atoms with Crippen LogP contribution >= 0.6 is 0 Å². The van der Waals surface area contributed by atoms with Gasteiger partial charge in [-0.1, -0.05) is 41.5 Å². The molecule has 6 amide bonds. The fraction of sp³-hybridized carbons (Fsp3) is 0.556. The topological polar surface area (TPSA) is 112 Å². The number of benzene rings is 1. The molecule has 3 fully saturated rings. The van der Waals surface area contributed by atoms with Crippen molar-refractivity contribution >= 4 is 52.5 Å². The van der Waals surface area contributed by atoms with Gasteiger partial charge in [0.15, 0.2) is 0 Å². The van der Waals surface area contributed by atoms with Gasteiger partial charge in [0.05, 0.1) is 34.8 Å². The minimum absolute atomic E-state index is 0.0457. The van der Waals surface area contributed by atoms with Crippen LogP contribution in [-0.4, -0.2) is 35.4 Å². The van der Waals surface area contributed by atoms with Crippen LogP contribution in [-0.2, 0) is 28.8 Å². The molecule has 3 aliphatic heterocycles. The van der Waals surface area contributed by atoms with Gasteiger partial charge in [-0.15, -0.1) is 0 Å². The van der Waals surface area contributed by atoms with E-state index in [1.165, 1.54) is 18.2 Å². The molecule has 0 bridgehead atoms. The van der Waals surface area contributed by atoms with Crippen LogP contribution in [0, 0.1) is 35.5 Å². The Hall–Kier alpha value is -3.36. The quantitative estimate of drug-likeness (QED) is 0.560. The number of carbonyl (C=O) groups is 6. The van der Waals surface area contributed by atoms with Gasteiger partial charge in [-0.3, -0.25) is 43.5 Å². The SMILES string of the molecule is CC(C)C1CC(=O)N(c2cc(N3C(=O)CC(C(C)C)C3=O)cc(N3C(=O)CC(C(C)C)C3=O)c2)C1=O. The van der Waals surface area contributed by atoms with E-state index in [2.05, 4.69) is 0 Å². The Kier molecular flexibility index (Phi) is 6.62. The fourth-order valence-electron chi connectivity index (χ4n) is 5.31. The fourth-order valence-corrected chi connectivity index (χ4v) is 5.31. The second kappa shape index (κ2) is 9.26. The van der Waals surface area contributed by atoms with E-state index in [9.17, 15) is 28.8 Å². The third-order valence-corrected chi connectivity index (χ3v) is 7.62. The Morgan fingerprint density at radius 2 is 0.722 bits per heavy atom. The number of imide groups is 3. The Bertz CT molecular complexity index is 1010. The van der Waals surface area contributed by atoms with E-state index >= 15 is 0 Å². The smallest absolute Gasteiger partial charge is 0.237 e. The third kappa shape index (κ3) is 4.14. The second-order valence-electron chi connectivity index (χ2n) is 11.1. The molecule has 3 saturated heterocycles. The first-order valence-electron chi connectivity index (χ1n) is 12.6. The predicted octanol–water partition coefficient (Wildman–Crippen LogP) is 3.29. The van der Waals surface area contributed by atoms with Crippen molar-refractivity contribution in [1.29, 1.82) is 0 Å². The van der Waals surface area contributed by atoms with Crippen LogP contribution in [0.2, 0.25) is 0 Å². The molecule has 3 unspecified atom stereocenters. The Morgan fingerprint density at radius 3 is 0.889 bits per heavy atom. The highest BCUT2D eigenvalue weighted by Crippen LogP contribution is 2.40. The summed E-state index contributed by atoms with van der Waals surface area (Å²) in [7, 11) is 0. The van der Waals surface area contributed by atoms with Gasteiger partial charge in [0.25, 0.3) is 0 Å². The first-order chi connectivity index (χ1) is 16.8. The molecule has 3 heterocycles. The number of rotatable bonds is 6. The molecule has 1 aromatic rings. The lowest BCUT2D eigenvalue weighted by molar-refractivity contribution is -0.124.